The fraction of sp³-hybridized carbons (Fsp3) is 0. The van der Waals surface area contributed by atoms with Crippen LogP contribution in [0, 0.1) is 0 Å². The molecule has 3 heterocycles. The van der Waals surface area contributed by atoms with Crippen LogP contribution in [0.25, 0.3) is 11.4 Å². The van der Waals surface area contributed by atoms with Crippen LogP contribution in [0.3, 0.4) is 0 Å². The number of carbonyl (C=O) groups excluding carboxylic acids is 1. The van der Waals surface area contributed by atoms with Crippen LogP contribution in [-0.2, 0) is 0 Å². The second-order valence-corrected chi connectivity index (χ2v) is 5.01. The maximum atomic E-state index is 11.0. The number of anilines is 2. The highest BCUT2D eigenvalue weighted by atomic mass is 32.1. The number of aromatic nitrogens is 3. The van der Waals surface area contributed by atoms with E-state index >= 15 is 0 Å². The standard InChI is InChI=1S/C14H11N5OS/c15-13(20)11-8-21-14(18-11)19-12-6-3-5-10(17-12)9-4-1-2-7-16-9/h1-8H,(H2,15,20)(H,17,18,19). The Morgan fingerprint density at radius 3 is 2.67 bits per heavy atom. The number of primary amides is 1. The summed E-state index contributed by atoms with van der Waals surface area (Å²) in [5.41, 5.74) is 6.96. The summed E-state index contributed by atoms with van der Waals surface area (Å²) in [5, 5.41) is 5.22. The van der Waals surface area contributed by atoms with Crippen molar-refractivity contribution in [3.8, 4) is 11.4 Å². The van der Waals surface area contributed by atoms with E-state index in [2.05, 4.69) is 20.3 Å². The minimum absolute atomic E-state index is 0.239. The quantitative estimate of drug-likeness (QED) is 0.771. The van der Waals surface area contributed by atoms with Gasteiger partial charge in [0, 0.05) is 11.6 Å². The largest absolute Gasteiger partial charge is 0.364 e. The van der Waals surface area contributed by atoms with E-state index < -0.39 is 5.91 Å². The first-order valence-corrected chi connectivity index (χ1v) is 7.01. The summed E-state index contributed by atoms with van der Waals surface area (Å²) in [6.07, 6.45) is 1.72. The number of hydrogen-bond acceptors (Lipinski definition) is 6. The second kappa shape index (κ2) is 5.68. The summed E-state index contributed by atoms with van der Waals surface area (Å²) in [6, 6.07) is 11.2. The summed E-state index contributed by atoms with van der Waals surface area (Å²) >= 11 is 1.30. The van der Waals surface area contributed by atoms with E-state index in [0.717, 1.165) is 11.4 Å². The van der Waals surface area contributed by atoms with Crippen molar-refractivity contribution in [2.45, 2.75) is 0 Å². The number of carbonyl (C=O) groups is 1. The van der Waals surface area contributed by atoms with Crippen molar-refractivity contribution in [3.63, 3.8) is 0 Å². The molecule has 3 rings (SSSR count). The molecule has 0 saturated heterocycles. The Kier molecular flexibility index (Phi) is 3.57. The van der Waals surface area contributed by atoms with E-state index in [-0.39, 0.29) is 5.69 Å². The molecule has 0 aliphatic rings. The first-order chi connectivity index (χ1) is 10.2. The predicted molar refractivity (Wildman–Crippen MR) is 81.4 cm³/mol. The number of amides is 1. The van der Waals surface area contributed by atoms with Gasteiger partial charge in [0.15, 0.2) is 5.13 Å². The fourth-order valence-corrected chi connectivity index (χ4v) is 2.42. The number of nitrogens with zero attached hydrogens (tertiary/aromatic N) is 3. The summed E-state index contributed by atoms with van der Waals surface area (Å²) < 4.78 is 0. The second-order valence-electron chi connectivity index (χ2n) is 4.15. The molecule has 7 heteroatoms. The topological polar surface area (TPSA) is 93.8 Å². The van der Waals surface area contributed by atoms with Crippen LogP contribution < -0.4 is 11.1 Å². The van der Waals surface area contributed by atoms with Crippen LogP contribution in [-0.4, -0.2) is 20.9 Å². The molecule has 1 amide bonds. The van der Waals surface area contributed by atoms with Gasteiger partial charge in [-0.25, -0.2) is 9.97 Å². The molecule has 0 fully saturated rings. The van der Waals surface area contributed by atoms with E-state index in [0.29, 0.717) is 10.9 Å². The van der Waals surface area contributed by atoms with E-state index in [9.17, 15) is 4.79 Å². The highest BCUT2D eigenvalue weighted by Gasteiger charge is 2.08. The molecule has 0 radical (unpaired) electrons. The van der Waals surface area contributed by atoms with Crippen LogP contribution in [0.5, 0.6) is 0 Å². The number of nitrogens with two attached hydrogens (primary N) is 1. The lowest BCUT2D eigenvalue weighted by atomic mass is 10.2. The van der Waals surface area contributed by atoms with Gasteiger partial charge in [-0.2, -0.15) is 0 Å². The third kappa shape index (κ3) is 3.03. The van der Waals surface area contributed by atoms with Crippen molar-refractivity contribution in [2.75, 3.05) is 5.32 Å². The van der Waals surface area contributed by atoms with Crippen molar-refractivity contribution >= 4 is 28.2 Å². The number of pyridine rings is 2. The molecule has 0 aliphatic heterocycles. The summed E-state index contributed by atoms with van der Waals surface area (Å²) in [5.74, 6) is 0.0815. The normalized spacial score (nSPS) is 10.3. The number of nitrogens with one attached hydrogen (secondary N) is 1. The zero-order chi connectivity index (χ0) is 14.7. The maximum absolute atomic E-state index is 11.0. The molecule has 0 aromatic carbocycles. The zero-order valence-corrected chi connectivity index (χ0v) is 11.7. The van der Waals surface area contributed by atoms with Gasteiger partial charge in [-0.15, -0.1) is 11.3 Å². The minimum atomic E-state index is -0.547. The average molecular weight is 297 g/mol. The van der Waals surface area contributed by atoms with Crippen molar-refractivity contribution in [2.24, 2.45) is 5.73 Å². The Morgan fingerprint density at radius 1 is 1.10 bits per heavy atom. The molecule has 0 aliphatic carbocycles. The minimum Gasteiger partial charge on any atom is -0.364 e. The molecular formula is C14H11N5OS. The molecule has 0 saturated carbocycles. The SMILES string of the molecule is NC(=O)c1csc(Nc2cccc(-c3ccccn3)n2)n1. The van der Waals surface area contributed by atoms with Crippen LogP contribution in [0.4, 0.5) is 10.9 Å². The summed E-state index contributed by atoms with van der Waals surface area (Å²) in [6.45, 7) is 0. The molecule has 104 valence electrons. The number of rotatable bonds is 4. The molecule has 3 aromatic rings. The van der Waals surface area contributed by atoms with Crippen LogP contribution >= 0.6 is 11.3 Å². The highest BCUT2D eigenvalue weighted by Crippen LogP contribution is 2.21. The van der Waals surface area contributed by atoms with Gasteiger partial charge in [-0.05, 0) is 24.3 Å². The fourth-order valence-electron chi connectivity index (χ4n) is 1.72. The van der Waals surface area contributed by atoms with Gasteiger partial charge in [0.05, 0.1) is 11.4 Å². The van der Waals surface area contributed by atoms with Crippen molar-refractivity contribution in [3.05, 3.63) is 53.7 Å². The lowest BCUT2D eigenvalue weighted by Crippen LogP contribution is -2.11. The first kappa shape index (κ1) is 13.2. The molecule has 21 heavy (non-hydrogen) atoms. The van der Waals surface area contributed by atoms with Crippen LogP contribution in [0.2, 0.25) is 0 Å². The van der Waals surface area contributed by atoms with Gasteiger partial charge in [-0.3, -0.25) is 9.78 Å². The van der Waals surface area contributed by atoms with Gasteiger partial charge in [0.2, 0.25) is 0 Å². The molecule has 3 aromatic heterocycles. The van der Waals surface area contributed by atoms with Crippen LogP contribution in [0.1, 0.15) is 10.5 Å². The lowest BCUT2D eigenvalue weighted by molar-refractivity contribution is 0.0996. The molecule has 0 bridgehead atoms. The zero-order valence-electron chi connectivity index (χ0n) is 10.9. The van der Waals surface area contributed by atoms with Gasteiger partial charge in [0.25, 0.3) is 5.91 Å². The van der Waals surface area contributed by atoms with E-state index in [4.69, 9.17) is 5.73 Å². The average Bonchev–Trinajstić information content (AvgIpc) is 2.97. The first-order valence-electron chi connectivity index (χ1n) is 6.13. The predicted octanol–water partition coefficient (Wildman–Crippen LogP) is 2.44. The summed E-state index contributed by atoms with van der Waals surface area (Å²) in [7, 11) is 0. The van der Waals surface area contributed by atoms with Crippen molar-refractivity contribution < 1.29 is 4.79 Å². The van der Waals surface area contributed by atoms with Gasteiger partial charge < -0.3 is 11.1 Å². The van der Waals surface area contributed by atoms with E-state index in [1.165, 1.54) is 11.3 Å². The van der Waals surface area contributed by atoms with Gasteiger partial charge in [0.1, 0.15) is 11.5 Å². The summed E-state index contributed by atoms with van der Waals surface area (Å²) in [4.78, 5) is 23.8. The molecule has 6 nitrogen and oxygen atoms in total. The Hall–Kier alpha value is -2.80. The number of hydrogen-bond donors (Lipinski definition) is 2. The van der Waals surface area contributed by atoms with Crippen LogP contribution in [0.15, 0.2) is 48.0 Å². The van der Waals surface area contributed by atoms with E-state index in [1.807, 2.05) is 36.4 Å². The Bertz CT molecular complexity index is 772. The molecule has 3 N–H and O–H groups in total. The number of thiazole rings is 1. The van der Waals surface area contributed by atoms with Crippen molar-refractivity contribution in [1.82, 2.24) is 15.0 Å². The third-order valence-electron chi connectivity index (χ3n) is 2.67. The van der Waals surface area contributed by atoms with E-state index in [1.54, 1.807) is 11.6 Å². The Morgan fingerprint density at radius 2 is 1.95 bits per heavy atom. The highest BCUT2D eigenvalue weighted by molar-refractivity contribution is 7.14. The molecule has 0 spiro atoms. The maximum Gasteiger partial charge on any atom is 0.268 e. The van der Waals surface area contributed by atoms with Gasteiger partial charge >= 0.3 is 0 Å². The molecular weight excluding hydrogens is 286 g/mol. The Balaban J connectivity index is 1.84. The lowest BCUT2D eigenvalue weighted by Gasteiger charge is -2.04. The third-order valence-corrected chi connectivity index (χ3v) is 3.43. The smallest absolute Gasteiger partial charge is 0.268 e. The molecule has 0 atom stereocenters. The Labute approximate surface area is 124 Å². The van der Waals surface area contributed by atoms with Gasteiger partial charge in [-0.1, -0.05) is 12.1 Å². The molecule has 0 unspecified atom stereocenters. The monoisotopic (exact) mass is 297 g/mol. The van der Waals surface area contributed by atoms with Crippen molar-refractivity contribution in [1.29, 1.82) is 0 Å².